The van der Waals surface area contributed by atoms with Crippen LogP contribution in [0.2, 0.25) is 5.02 Å². The SMILES string of the molecule is Cc1c(Cl)cccc1Nc1cnnc(N2CCN(c3ccc(F)cc3)CC2)n1. The minimum Gasteiger partial charge on any atom is -0.368 e. The van der Waals surface area contributed by atoms with Crippen molar-refractivity contribution in [2.24, 2.45) is 0 Å². The molecule has 0 radical (unpaired) electrons. The Balaban J connectivity index is 1.44. The summed E-state index contributed by atoms with van der Waals surface area (Å²) in [5.74, 6) is 0.987. The van der Waals surface area contributed by atoms with E-state index in [1.54, 1.807) is 18.3 Å². The third kappa shape index (κ3) is 3.99. The highest BCUT2D eigenvalue weighted by molar-refractivity contribution is 6.31. The summed E-state index contributed by atoms with van der Waals surface area (Å²) in [6.45, 7) is 5.09. The third-order valence-corrected chi connectivity index (χ3v) is 5.24. The monoisotopic (exact) mass is 398 g/mol. The summed E-state index contributed by atoms with van der Waals surface area (Å²) in [5, 5.41) is 12.2. The first-order valence-electron chi connectivity index (χ1n) is 9.07. The van der Waals surface area contributed by atoms with Crippen molar-refractivity contribution in [1.82, 2.24) is 15.2 Å². The van der Waals surface area contributed by atoms with Gasteiger partial charge in [-0.1, -0.05) is 17.7 Å². The molecular weight excluding hydrogens is 379 g/mol. The predicted molar refractivity (Wildman–Crippen MR) is 110 cm³/mol. The predicted octanol–water partition coefficient (Wildman–Crippen LogP) is 4.04. The van der Waals surface area contributed by atoms with E-state index >= 15 is 0 Å². The van der Waals surface area contributed by atoms with Gasteiger partial charge in [0.1, 0.15) is 5.82 Å². The molecule has 6 nitrogen and oxygen atoms in total. The van der Waals surface area contributed by atoms with Gasteiger partial charge in [0.05, 0.1) is 6.20 Å². The summed E-state index contributed by atoms with van der Waals surface area (Å²) in [5.41, 5.74) is 2.87. The molecule has 1 fully saturated rings. The van der Waals surface area contributed by atoms with Gasteiger partial charge in [-0.05, 0) is 48.9 Å². The van der Waals surface area contributed by atoms with E-state index in [0.717, 1.165) is 43.1 Å². The number of hydrogen-bond acceptors (Lipinski definition) is 6. The van der Waals surface area contributed by atoms with Crippen molar-refractivity contribution in [3.63, 3.8) is 0 Å². The van der Waals surface area contributed by atoms with Crippen LogP contribution in [0.3, 0.4) is 0 Å². The molecule has 0 atom stereocenters. The van der Waals surface area contributed by atoms with E-state index in [-0.39, 0.29) is 5.82 Å². The van der Waals surface area contributed by atoms with Crippen LogP contribution in [0.4, 0.5) is 27.5 Å². The molecule has 1 aromatic heterocycles. The van der Waals surface area contributed by atoms with Gasteiger partial charge in [0.25, 0.3) is 0 Å². The Bertz CT molecular complexity index is 957. The number of aromatic nitrogens is 3. The number of rotatable bonds is 4. The Morgan fingerprint density at radius 2 is 1.71 bits per heavy atom. The van der Waals surface area contributed by atoms with Gasteiger partial charge in [-0.15, -0.1) is 5.10 Å². The highest BCUT2D eigenvalue weighted by Gasteiger charge is 2.20. The number of piperazine rings is 1. The average Bonchev–Trinajstić information content (AvgIpc) is 2.72. The smallest absolute Gasteiger partial charge is 0.247 e. The lowest BCUT2D eigenvalue weighted by molar-refractivity contribution is 0.622. The Labute approximate surface area is 168 Å². The lowest BCUT2D eigenvalue weighted by atomic mass is 10.2. The van der Waals surface area contributed by atoms with E-state index in [2.05, 4.69) is 30.3 Å². The largest absolute Gasteiger partial charge is 0.368 e. The highest BCUT2D eigenvalue weighted by atomic mass is 35.5. The second kappa shape index (κ2) is 7.98. The molecule has 1 aliphatic heterocycles. The molecule has 0 bridgehead atoms. The Morgan fingerprint density at radius 3 is 2.46 bits per heavy atom. The fourth-order valence-electron chi connectivity index (χ4n) is 3.19. The van der Waals surface area contributed by atoms with Crippen LogP contribution >= 0.6 is 11.6 Å². The second-order valence-electron chi connectivity index (χ2n) is 6.63. The Kier molecular flexibility index (Phi) is 5.25. The molecule has 0 amide bonds. The summed E-state index contributed by atoms with van der Waals surface area (Å²) in [4.78, 5) is 8.93. The van der Waals surface area contributed by atoms with Gasteiger partial charge in [-0.2, -0.15) is 10.1 Å². The molecule has 1 N–H and O–H groups in total. The molecule has 1 aliphatic rings. The number of nitrogens with zero attached hydrogens (tertiary/aromatic N) is 5. The quantitative estimate of drug-likeness (QED) is 0.715. The number of anilines is 4. The normalized spacial score (nSPS) is 14.2. The molecule has 0 saturated carbocycles. The maximum atomic E-state index is 13.1. The van der Waals surface area contributed by atoms with Crippen LogP contribution in [0.1, 0.15) is 5.56 Å². The van der Waals surface area contributed by atoms with Crippen LogP contribution in [0.5, 0.6) is 0 Å². The van der Waals surface area contributed by atoms with Crippen molar-refractivity contribution in [2.75, 3.05) is 41.3 Å². The molecule has 1 saturated heterocycles. The van der Waals surface area contributed by atoms with Crippen LogP contribution in [0, 0.1) is 12.7 Å². The highest BCUT2D eigenvalue weighted by Crippen LogP contribution is 2.26. The zero-order valence-electron chi connectivity index (χ0n) is 15.4. The van der Waals surface area contributed by atoms with Gasteiger partial charge in [-0.3, -0.25) is 0 Å². The van der Waals surface area contributed by atoms with E-state index < -0.39 is 0 Å². The molecular formula is C20H20ClFN6. The van der Waals surface area contributed by atoms with Crippen molar-refractivity contribution < 1.29 is 4.39 Å². The third-order valence-electron chi connectivity index (χ3n) is 4.83. The zero-order chi connectivity index (χ0) is 19.5. The maximum absolute atomic E-state index is 13.1. The zero-order valence-corrected chi connectivity index (χ0v) is 16.2. The molecule has 2 heterocycles. The van der Waals surface area contributed by atoms with E-state index in [1.165, 1.54) is 12.1 Å². The number of benzene rings is 2. The van der Waals surface area contributed by atoms with Crippen LogP contribution in [-0.2, 0) is 0 Å². The summed E-state index contributed by atoms with van der Waals surface area (Å²) < 4.78 is 13.1. The molecule has 3 aromatic rings. The first-order valence-corrected chi connectivity index (χ1v) is 9.45. The van der Waals surface area contributed by atoms with Crippen molar-refractivity contribution in [1.29, 1.82) is 0 Å². The molecule has 0 spiro atoms. The summed E-state index contributed by atoms with van der Waals surface area (Å²) in [7, 11) is 0. The summed E-state index contributed by atoms with van der Waals surface area (Å²) in [6, 6.07) is 12.3. The molecule has 4 rings (SSSR count). The van der Waals surface area contributed by atoms with E-state index in [9.17, 15) is 4.39 Å². The van der Waals surface area contributed by atoms with Crippen LogP contribution in [0.25, 0.3) is 0 Å². The maximum Gasteiger partial charge on any atom is 0.247 e. The van der Waals surface area contributed by atoms with Crippen molar-refractivity contribution in [3.8, 4) is 0 Å². The fourth-order valence-corrected chi connectivity index (χ4v) is 3.36. The summed E-state index contributed by atoms with van der Waals surface area (Å²) in [6.07, 6.45) is 1.60. The van der Waals surface area contributed by atoms with Gasteiger partial charge in [0.15, 0.2) is 5.82 Å². The van der Waals surface area contributed by atoms with Gasteiger partial charge < -0.3 is 15.1 Å². The first-order chi connectivity index (χ1) is 13.6. The standard InChI is InChI=1S/C20H20ClFN6/c1-14-17(21)3-2-4-18(14)24-19-13-23-26-20(25-19)28-11-9-27(10-12-28)16-7-5-15(22)6-8-16/h2-8,13H,9-12H2,1H3,(H,24,25,26). The average molecular weight is 399 g/mol. The topological polar surface area (TPSA) is 57.2 Å². The van der Waals surface area contributed by atoms with Gasteiger partial charge in [0.2, 0.25) is 5.95 Å². The van der Waals surface area contributed by atoms with Crippen LogP contribution in [-0.4, -0.2) is 41.4 Å². The first kappa shape index (κ1) is 18.4. The molecule has 28 heavy (non-hydrogen) atoms. The van der Waals surface area contributed by atoms with Gasteiger partial charge in [-0.25, -0.2) is 4.39 Å². The molecule has 144 valence electrons. The second-order valence-corrected chi connectivity index (χ2v) is 7.04. The number of nitrogens with one attached hydrogen (secondary N) is 1. The minimum atomic E-state index is -0.221. The van der Waals surface area contributed by atoms with E-state index in [1.807, 2.05) is 25.1 Å². The van der Waals surface area contributed by atoms with Gasteiger partial charge >= 0.3 is 0 Å². The van der Waals surface area contributed by atoms with Crippen LogP contribution < -0.4 is 15.1 Å². The van der Waals surface area contributed by atoms with Crippen molar-refractivity contribution in [3.05, 3.63) is 65.1 Å². The molecule has 0 unspecified atom stereocenters. The van der Waals surface area contributed by atoms with Gasteiger partial charge in [0, 0.05) is 42.6 Å². The van der Waals surface area contributed by atoms with E-state index in [4.69, 9.17) is 11.6 Å². The number of hydrogen-bond donors (Lipinski definition) is 1. The summed E-state index contributed by atoms with van der Waals surface area (Å²) >= 11 is 6.18. The lowest BCUT2D eigenvalue weighted by Gasteiger charge is -2.35. The van der Waals surface area contributed by atoms with Crippen LogP contribution in [0.15, 0.2) is 48.7 Å². The minimum absolute atomic E-state index is 0.221. The fraction of sp³-hybridized carbons (Fsp3) is 0.250. The molecule has 2 aromatic carbocycles. The number of halogens is 2. The van der Waals surface area contributed by atoms with E-state index in [0.29, 0.717) is 16.8 Å². The Morgan fingerprint density at radius 1 is 1.00 bits per heavy atom. The van der Waals surface area contributed by atoms with Crippen molar-refractivity contribution >= 4 is 34.7 Å². The molecule has 0 aliphatic carbocycles. The lowest BCUT2D eigenvalue weighted by Crippen LogP contribution is -2.47. The Hall–Kier alpha value is -2.93. The molecule has 8 heteroatoms. The van der Waals surface area contributed by atoms with Crippen molar-refractivity contribution in [2.45, 2.75) is 6.92 Å².